The molecule has 0 bridgehead atoms. The van der Waals surface area contributed by atoms with Crippen molar-refractivity contribution in [1.29, 1.82) is 0 Å². The van der Waals surface area contributed by atoms with Crippen molar-refractivity contribution >= 4 is 11.9 Å². The van der Waals surface area contributed by atoms with Gasteiger partial charge in [-0.3, -0.25) is 9.59 Å². The fraction of sp³-hybridized carbons (Fsp3) is 0.846. The molecule has 0 unspecified atom stereocenters. The number of nitrogens with zero attached hydrogens (tertiary/aromatic N) is 1. The van der Waals surface area contributed by atoms with Gasteiger partial charge in [0.25, 0.3) is 0 Å². The van der Waals surface area contributed by atoms with Gasteiger partial charge in [0.2, 0.25) is 5.91 Å². The summed E-state index contributed by atoms with van der Waals surface area (Å²) in [7, 11) is 3.15. The Morgan fingerprint density at radius 3 is 2.44 bits per heavy atom. The minimum absolute atomic E-state index is 0.130. The largest absolute Gasteiger partial charge is 0.469 e. The lowest BCUT2D eigenvalue weighted by Crippen LogP contribution is -2.29. The molecule has 0 heterocycles. The van der Waals surface area contributed by atoms with E-state index < -0.39 is 0 Å². The maximum Gasteiger partial charge on any atom is 0.305 e. The number of amides is 1. The summed E-state index contributed by atoms with van der Waals surface area (Å²) in [6.07, 6.45) is 2.41. The molecule has 0 spiro atoms. The second-order valence-electron chi connectivity index (χ2n) is 4.71. The Morgan fingerprint density at radius 1 is 1.22 bits per heavy atom. The quantitative estimate of drug-likeness (QED) is 0.498. The monoisotopic (exact) mass is 258 g/mol. The first-order valence-electron chi connectivity index (χ1n) is 6.51. The van der Waals surface area contributed by atoms with Gasteiger partial charge < -0.3 is 15.0 Å². The molecule has 0 aliphatic rings. The van der Waals surface area contributed by atoms with Crippen LogP contribution in [0.1, 0.15) is 39.5 Å². The van der Waals surface area contributed by atoms with E-state index in [1.807, 2.05) is 0 Å². The van der Waals surface area contributed by atoms with Crippen LogP contribution in [0.5, 0.6) is 0 Å². The molecule has 0 fully saturated rings. The van der Waals surface area contributed by atoms with Crippen molar-refractivity contribution < 1.29 is 14.3 Å². The second kappa shape index (κ2) is 9.88. The normalized spacial score (nSPS) is 10.5. The zero-order valence-electron chi connectivity index (χ0n) is 12.0. The standard InChI is InChI=1S/C13H26N2O3/c1-11(2)14-9-5-7-12(16)15(3)10-6-8-13(17)18-4/h11,14H,5-10H2,1-4H3. The van der Waals surface area contributed by atoms with Crippen molar-refractivity contribution in [3.8, 4) is 0 Å². The summed E-state index contributed by atoms with van der Waals surface area (Å²) in [4.78, 5) is 24.3. The van der Waals surface area contributed by atoms with E-state index in [-0.39, 0.29) is 11.9 Å². The number of rotatable bonds is 9. The van der Waals surface area contributed by atoms with E-state index in [0.29, 0.717) is 31.8 Å². The molecule has 0 aliphatic heterocycles. The number of hydrogen-bond donors (Lipinski definition) is 1. The van der Waals surface area contributed by atoms with Gasteiger partial charge in [0.1, 0.15) is 0 Å². The van der Waals surface area contributed by atoms with E-state index in [2.05, 4.69) is 23.9 Å². The molecule has 0 aromatic carbocycles. The Bertz CT molecular complexity index is 255. The average Bonchev–Trinajstić information content (AvgIpc) is 2.33. The molecule has 0 aromatic heterocycles. The summed E-state index contributed by atoms with van der Waals surface area (Å²) in [5.74, 6) is -0.0950. The van der Waals surface area contributed by atoms with Crippen LogP contribution < -0.4 is 5.32 Å². The van der Waals surface area contributed by atoms with Crippen LogP contribution in [0.25, 0.3) is 0 Å². The van der Waals surface area contributed by atoms with E-state index in [1.165, 1.54) is 7.11 Å². The fourth-order valence-corrected chi connectivity index (χ4v) is 1.51. The minimum Gasteiger partial charge on any atom is -0.469 e. The van der Waals surface area contributed by atoms with Crippen molar-refractivity contribution in [2.24, 2.45) is 0 Å². The molecule has 1 amide bonds. The molecule has 0 aliphatic carbocycles. The van der Waals surface area contributed by atoms with Crippen LogP contribution >= 0.6 is 0 Å². The van der Waals surface area contributed by atoms with Gasteiger partial charge in [-0.15, -0.1) is 0 Å². The smallest absolute Gasteiger partial charge is 0.305 e. The van der Waals surface area contributed by atoms with Crippen molar-refractivity contribution in [2.45, 2.75) is 45.6 Å². The first-order valence-corrected chi connectivity index (χ1v) is 6.51. The summed E-state index contributed by atoms with van der Waals surface area (Å²) >= 11 is 0. The van der Waals surface area contributed by atoms with Gasteiger partial charge in [0.15, 0.2) is 0 Å². The molecule has 0 aromatic rings. The summed E-state index contributed by atoms with van der Waals surface area (Å²) in [5.41, 5.74) is 0. The predicted molar refractivity (Wildman–Crippen MR) is 71.3 cm³/mol. The minimum atomic E-state index is -0.225. The van der Waals surface area contributed by atoms with Gasteiger partial charge >= 0.3 is 5.97 Å². The molecule has 0 saturated carbocycles. The number of ether oxygens (including phenoxy) is 1. The van der Waals surface area contributed by atoms with Crippen LogP contribution in [-0.2, 0) is 14.3 Å². The van der Waals surface area contributed by atoms with Gasteiger partial charge in [0.05, 0.1) is 7.11 Å². The van der Waals surface area contributed by atoms with Crippen molar-refractivity contribution in [1.82, 2.24) is 10.2 Å². The second-order valence-corrected chi connectivity index (χ2v) is 4.71. The van der Waals surface area contributed by atoms with Crippen LogP contribution in [0.3, 0.4) is 0 Å². The van der Waals surface area contributed by atoms with Crippen LogP contribution in [-0.4, -0.2) is 50.1 Å². The van der Waals surface area contributed by atoms with Crippen LogP contribution in [0.4, 0.5) is 0 Å². The molecule has 18 heavy (non-hydrogen) atoms. The first-order chi connectivity index (χ1) is 8.47. The number of esters is 1. The van der Waals surface area contributed by atoms with Crippen LogP contribution in [0, 0.1) is 0 Å². The lowest BCUT2D eigenvalue weighted by molar-refractivity contribution is -0.141. The van der Waals surface area contributed by atoms with E-state index in [1.54, 1.807) is 11.9 Å². The van der Waals surface area contributed by atoms with Crippen molar-refractivity contribution in [2.75, 3.05) is 27.2 Å². The lowest BCUT2D eigenvalue weighted by Gasteiger charge is -2.17. The number of methoxy groups -OCH3 is 1. The third-order valence-corrected chi connectivity index (χ3v) is 2.65. The topological polar surface area (TPSA) is 58.6 Å². The lowest BCUT2D eigenvalue weighted by atomic mass is 10.2. The zero-order chi connectivity index (χ0) is 14.0. The van der Waals surface area contributed by atoms with Crippen molar-refractivity contribution in [3.05, 3.63) is 0 Å². The molecule has 106 valence electrons. The molecule has 0 atom stereocenters. The highest BCUT2D eigenvalue weighted by Gasteiger charge is 2.09. The number of carbonyl (C=O) groups is 2. The summed E-state index contributed by atoms with van der Waals surface area (Å²) in [5, 5.41) is 3.27. The molecular weight excluding hydrogens is 232 g/mol. The van der Waals surface area contributed by atoms with Gasteiger partial charge in [-0.2, -0.15) is 0 Å². The highest BCUT2D eigenvalue weighted by Crippen LogP contribution is 1.99. The van der Waals surface area contributed by atoms with Crippen LogP contribution in [0.15, 0.2) is 0 Å². The molecule has 5 heteroatoms. The molecular formula is C13H26N2O3. The van der Waals surface area contributed by atoms with Crippen LogP contribution in [0.2, 0.25) is 0 Å². The van der Waals surface area contributed by atoms with Crippen molar-refractivity contribution in [3.63, 3.8) is 0 Å². The third-order valence-electron chi connectivity index (χ3n) is 2.65. The molecule has 5 nitrogen and oxygen atoms in total. The van der Waals surface area contributed by atoms with E-state index in [0.717, 1.165) is 13.0 Å². The van der Waals surface area contributed by atoms with E-state index in [9.17, 15) is 9.59 Å². The Balaban J connectivity index is 3.60. The van der Waals surface area contributed by atoms with E-state index in [4.69, 9.17) is 0 Å². The summed E-state index contributed by atoms with van der Waals surface area (Å²) in [6.45, 7) is 5.63. The average molecular weight is 258 g/mol. The Kier molecular flexibility index (Phi) is 9.28. The zero-order valence-corrected chi connectivity index (χ0v) is 12.0. The Morgan fingerprint density at radius 2 is 1.89 bits per heavy atom. The number of carbonyl (C=O) groups excluding carboxylic acids is 2. The summed E-state index contributed by atoms with van der Waals surface area (Å²) < 4.78 is 4.54. The molecule has 0 radical (unpaired) electrons. The van der Waals surface area contributed by atoms with E-state index >= 15 is 0 Å². The van der Waals surface area contributed by atoms with Gasteiger partial charge in [-0.05, 0) is 19.4 Å². The fourth-order valence-electron chi connectivity index (χ4n) is 1.51. The predicted octanol–water partition coefficient (Wildman–Crippen LogP) is 1.18. The van der Waals surface area contributed by atoms with Gasteiger partial charge in [-0.1, -0.05) is 13.8 Å². The van der Waals surface area contributed by atoms with Gasteiger partial charge in [-0.25, -0.2) is 0 Å². The maximum atomic E-state index is 11.7. The Labute approximate surface area is 110 Å². The highest BCUT2D eigenvalue weighted by atomic mass is 16.5. The Hall–Kier alpha value is -1.10. The maximum absolute atomic E-state index is 11.7. The first kappa shape index (κ1) is 16.9. The summed E-state index contributed by atoms with van der Waals surface area (Å²) in [6, 6.07) is 0.456. The molecule has 0 rings (SSSR count). The number of hydrogen-bond acceptors (Lipinski definition) is 4. The third kappa shape index (κ3) is 8.98. The van der Waals surface area contributed by atoms with Gasteiger partial charge in [0, 0.05) is 32.5 Å². The highest BCUT2D eigenvalue weighted by molar-refractivity contribution is 5.76. The number of nitrogens with one attached hydrogen (secondary N) is 1. The molecule has 1 N–H and O–H groups in total. The molecule has 0 saturated heterocycles. The SMILES string of the molecule is COC(=O)CCCN(C)C(=O)CCCNC(C)C.